The molecule has 3 N–H and O–H groups in total. The van der Waals surface area contributed by atoms with Crippen molar-refractivity contribution in [2.75, 3.05) is 6.61 Å². The van der Waals surface area contributed by atoms with Gasteiger partial charge in [-0.3, -0.25) is 5.84 Å². The monoisotopic (exact) mass is 264 g/mol. The number of ether oxygens (including phenoxy) is 1. The molecule has 1 aliphatic heterocycles. The molecule has 0 saturated carbocycles. The molecule has 0 aromatic carbocycles. The van der Waals surface area contributed by atoms with Crippen molar-refractivity contribution >= 4 is 11.3 Å². The summed E-state index contributed by atoms with van der Waals surface area (Å²) < 4.78 is 5.80. The van der Waals surface area contributed by atoms with Crippen LogP contribution < -0.4 is 11.3 Å². The molecule has 1 aromatic rings. The van der Waals surface area contributed by atoms with E-state index in [0.717, 1.165) is 25.2 Å². The van der Waals surface area contributed by atoms with Crippen molar-refractivity contribution in [3.05, 3.63) is 33.7 Å². The largest absolute Gasteiger partial charge is 0.497 e. The van der Waals surface area contributed by atoms with Crippen LogP contribution in [0.5, 0.6) is 0 Å². The number of fused-ring (bicyclic) bond motifs is 1. The van der Waals surface area contributed by atoms with Gasteiger partial charge in [-0.05, 0) is 55.2 Å². The van der Waals surface area contributed by atoms with Gasteiger partial charge >= 0.3 is 0 Å². The third kappa shape index (κ3) is 2.20. The molecule has 0 saturated heterocycles. The van der Waals surface area contributed by atoms with Gasteiger partial charge in [0.1, 0.15) is 5.76 Å². The molecule has 1 aliphatic carbocycles. The summed E-state index contributed by atoms with van der Waals surface area (Å²) in [5.74, 6) is 7.31. The SMILES string of the molecule is NNC(C1=CCCCO1)C1CCCc2sccc21. The lowest BCUT2D eigenvalue weighted by molar-refractivity contribution is 0.158. The fraction of sp³-hybridized carbons (Fsp3) is 0.571. The maximum Gasteiger partial charge on any atom is 0.111 e. The van der Waals surface area contributed by atoms with Crippen LogP contribution in [0.4, 0.5) is 0 Å². The van der Waals surface area contributed by atoms with Crippen LogP contribution in [0, 0.1) is 0 Å². The Kier molecular flexibility index (Phi) is 3.68. The topological polar surface area (TPSA) is 47.3 Å². The molecule has 2 aliphatic rings. The molecule has 18 heavy (non-hydrogen) atoms. The van der Waals surface area contributed by atoms with Crippen molar-refractivity contribution < 1.29 is 4.74 Å². The van der Waals surface area contributed by atoms with E-state index in [2.05, 4.69) is 22.9 Å². The van der Waals surface area contributed by atoms with Crippen LogP contribution in [0.3, 0.4) is 0 Å². The number of rotatable bonds is 3. The smallest absolute Gasteiger partial charge is 0.111 e. The van der Waals surface area contributed by atoms with Crippen molar-refractivity contribution in [3.63, 3.8) is 0 Å². The van der Waals surface area contributed by atoms with Gasteiger partial charge in [0.2, 0.25) is 0 Å². The Bertz CT molecular complexity index is 441. The van der Waals surface area contributed by atoms with E-state index in [4.69, 9.17) is 10.6 Å². The number of aryl methyl sites for hydroxylation is 1. The van der Waals surface area contributed by atoms with E-state index in [1.54, 1.807) is 0 Å². The minimum Gasteiger partial charge on any atom is -0.497 e. The molecule has 0 amide bonds. The highest BCUT2D eigenvalue weighted by atomic mass is 32.1. The second-order valence-electron chi connectivity index (χ2n) is 5.04. The average Bonchev–Trinajstić information content (AvgIpc) is 2.90. The van der Waals surface area contributed by atoms with Crippen LogP contribution in [0.2, 0.25) is 0 Å². The molecule has 2 unspecified atom stereocenters. The van der Waals surface area contributed by atoms with E-state index in [1.165, 1.54) is 29.7 Å². The van der Waals surface area contributed by atoms with Crippen LogP contribution in [0.25, 0.3) is 0 Å². The van der Waals surface area contributed by atoms with Crippen molar-refractivity contribution in [1.82, 2.24) is 5.43 Å². The summed E-state index contributed by atoms with van der Waals surface area (Å²) in [6, 6.07) is 2.40. The molecule has 3 nitrogen and oxygen atoms in total. The maximum atomic E-state index is 5.80. The molecule has 2 atom stereocenters. The molecule has 0 fully saturated rings. The number of hydrogen-bond acceptors (Lipinski definition) is 4. The third-order valence-corrected chi connectivity index (χ3v) is 4.95. The van der Waals surface area contributed by atoms with Gasteiger partial charge in [0.05, 0.1) is 12.6 Å². The standard InChI is InChI=1S/C14H20N2OS/c15-16-14(12-5-1-2-8-17-12)11-4-3-6-13-10(11)7-9-18-13/h5,7,9,11,14,16H,1-4,6,8,15H2. The van der Waals surface area contributed by atoms with E-state index in [1.807, 2.05) is 11.3 Å². The molecule has 1 aromatic heterocycles. The van der Waals surface area contributed by atoms with Crippen LogP contribution >= 0.6 is 11.3 Å². The van der Waals surface area contributed by atoms with E-state index in [-0.39, 0.29) is 6.04 Å². The van der Waals surface area contributed by atoms with Gasteiger partial charge in [-0.2, -0.15) is 0 Å². The summed E-state index contributed by atoms with van der Waals surface area (Å²) in [6.07, 6.45) is 8.10. The first-order valence-corrected chi connectivity index (χ1v) is 7.63. The summed E-state index contributed by atoms with van der Waals surface area (Å²) in [4.78, 5) is 1.53. The van der Waals surface area contributed by atoms with E-state index in [9.17, 15) is 0 Å². The number of nitrogens with one attached hydrogen (secondary N) is 1. The second kappa shape index (κ2) is 5.43. The predicted molar refractivity (Wildman–Crippen MR) is 74.4 cm³/mol. The highest BCUT2D eigenvalue weighted by Crippen LogP contribution is 2.39. The summed E-state index contributed by atoms with van der Waals surface area (Å²) in [5.41, 5.74) is 4.46. The Morgan fingerprint density at radius 2 is 2.39 bits per heavy atom. The Morgan fingerprint density at radius 3 is 3.17 bits per heavy atom. The third-order valence-electron chi connectivity index (χ3n) is 3.95. The molecule has 2 heterocycles. The summed E-state index contributed by atoms with van der Waals surface area (Å²) in [7, 11) is 0. The van der Waals surface area contributed by atoms with Gasteiger partial charge in [-0.1, -0.05) is 0 Å². The molecule has 98 valence electrons. The highest BCUT2D eigenvalue weighted by Gasteiger charge is 2.31. The molecular weight excluding hydrogens is 244 g/mol. The van der Waals surface area contributed by atoms with E-state index in [0.29, 0.717) is 5.92 Å². The van der Waals surface area contributed by atoms with Gasteiger partial charge in [0.25, 0.3) is 0 Å². The van der Waals surface area contributed by atoms with Crippen molar-refractivity contribution in [1.29, 1.82) is 0 Å². The first-order valence-electron chi connectivity index (χ1n) is 6.75. The fourth-order valence-corrected chi connectivity index (χ4v) is 4.05. The lowest BCUT2D eigenvalue weighted by atomic mass is 9.81. The average molecular weight is 264 g/mol. The van der Waals surface area contributed by atoms with Crippen LogP contribution in [-0.4, -0.2) is 12.6 Å². The number of allylic oxidation sites excluding steroid dienone is 1. The van der Waals surface area contributed by atoms with Crippen LogP contribution in [0.15, 0.2) is 23.3 Å². The number of nitrogens with two attached hydrogens (primary N) is 1. The summed E-state index contributed by atoms with van der Waals surface area (Å²) in [6.45, 7) is 0.827. The Hall–Kier alpha value is -0.840. The zero-order chi connectivity index (χ0) is 12.4. The van der Waals surface area contributed by atoms with Crippen LogP contribution in [-0.2, 0) is 11.2 Å². The molecule has 0 bridgehead atoms. The lowest BCUT2D eigenvalue weighted by Crippen LogP contribution is -2.43. The predicted octanol–water partition coefficient (Wildman–Crippen LogP) is 2.69. The Labute approximate surface area is 112 Å². The molecule has 0 radical (unpaired) electrons. The molecule has 0 spiro atoms. The number of hydrogen-bond donors (Lipinski definition) is 2. The Morgan fingerprint density at radius 1 is 1.44 bits per heavy atom. The van der Waals surface area contributed by atoms with Crippen molar-refractivity contribution in [3.8, 4) is 0 Å². The molecular formula is C14H20N2OS. The Balaban J connectivity index is 1.87. The van der Waals surface area contributed by atoms with Crippen molar-refractivity contribution in [2.45, 2.75) is 44.1 Å². The highest BCUT2D eigenvalue weighted by molar-refractivity contribution is 7.10. The summed E-state index contributed by atoms with van der Waals surface area (Å²) >= 11 is 1.87. The van der Waals surface area contributed by atoms with Crippen molar-refractivity contribution in [2.24, 2.45) is 5.84 Å². The van der Waals surface area contributed by atoms with Gasteiger partial charge < -0.3 is 4.74 Å². The maximum absolute atomic E-state index is 5.80. The minimum absolute atomic E-state index is 0.138. The molecule has 4 heteroatoms. The van der Waals surface area contributed by atoms with E-state index >= 15 is 0 Å². The zero-order valence-corrected chi connectivity index (χ0v) is 11.3. The normalized spacial score (nSPS) is 24.9. The first kappa shape index (κ1) is 12.2. The fourth-order valence-electron chi connectivity index (χ4n) is 3.06. The zero-order valence-electron chi connectivity index (χ0n) is 10.5. The van der Waals surface area contributed by atoms with Gasteiger partial charge in [-0.15, -0.1) is 11.3 Å². The lowest BCUT2D eigenvalue weighted by Gasteiger charge is -2.32. The molecule has 3 rings (SSSR count). The first-order chi connectivity index (χ1) is 8.90. The number of thiophene rings is 1. The second-order valence-corrected chi connectivity index (χ2v) is 6.04. The van der Waals surface area contributed by atoms with Gasteiger partial charge in [0.15, 0.2) is 0 Å². The number of hydrazine groups is 1. The minimum atomic E-state index is 0.138. The van der Waals surface area contributed by atoms with Gasteiger partial charge in [0, 0.05) is 10.8 Å². The quantitative estimate of drug-likeness (QED) is 0.652. The van der Waals surface area contributed by atoms with Crippen LogP contribution in [0.1, 0.15) is 42.0 Å². The van der Waals surface area contributed by atoms with E-state index < -0.39 is 0 Å². The summed E-state index contributed by atoms with van der Waals surface area (Å²) in [5, 5.41) is 2.20. The van der Waals surface area contributed by atoms with Gasteiger partial charge in [-0.25, -0.2) is 5.43 Å².